The van der Waals surface area contributed by atoms with Gasteiger partial charge < -0.3 is 15.2 Å². The molecule has 2 amide bonds. The lowest BCUT2D eigenvalue weighted by molar-refractivity contribution is -0.133. The summed E-state index contributed by atoms with van der Waals surface area (Å²) in [5.74, 6) is 0.288. The molecule has 1 aliphatic rings. The SMILES string of the molecule is O=C(Cc1ccccc1)NCC(=O)N1CCC(c2c[nH]c3ncccc23)CC1. The maximum atomic E-state index is 12.5. The molecule has 3 aromatic rings. The van der Waals surface area contributed by atoms with E-state index in [4.69, 9.17) is 0 Å². The Labute approximate surface area is 164 Å². The molecule has 0 unspecified atom stereocenters. The van der Waals surface area contributed by atoms with Crippen LogP contribution in [0.1, 0.15) is 29.9 Å². The first-order valence-electron chi connectivity index (χ1n) is 9.71. The molecular formula is C22H24N4O2. The molecule has 0 bridgehead atoms. The fourth-order valence-corrected chi connectivity index (χ4v) is 3.88. The Morgan fingerprint density at radius 1 is 1.11 bits per heavy atom. The normalized spacial score (nSPS) is 14.9. The monoisotopic (exact) mass is 376 g/mol. The first-order chi connectivity index (χ1) is 13.7. The summed E-state index contributed by atoms with van der Waals surface area (Å²) in [7, 11) is 0. The van der Waals surface area contributed by atoms with Crippen LogP contribution in [0.25, 0.3) is 11.0 Å². The molecule has 0 aliphatic carbocycles. The first kappa shape index (κ1) is 18.2. The summed E-state index contributed by atoms with van der Waals surface area (Å²) >= 11 is 0. The van der Waals surface area contributed by atoms with Crippen LogP contribution in [0.3, 0.4) is 0 Å². The highest BCUT2D eigenvalue weighted by molar-refractivity contribution is 5.86. The van der Waals surface area contributed by atoms with E-state index in [1.807, 2.05) is 47.5 Å². The van der Waals surface area contributed by atoms with Gasteiger partial charge in [-0.2, -0.15) is 0 Å². The van der Waals surface area contributed by atoms with Crippen molar-refractivity contribution in [2.45, 2.75) is 25.2 Å². The quantitative estimate of drug-likeness (QED) is 0.719. The lowest BCUT2D eigenvalue weighted by Crippen LogP contribution is -2.44. The van der Waals surface area contributed by atoms with Crippen molar-refractivity contribution in [1.82, 2.24) is 20.2 Å². The van der Waals surface area contributed by atoms with Gasteiger partial charge in [-0.3, -0.25) is 9.59 Å². The molecular weight excluding hydrogens is 352 g/mol. The molecule has 1 aliphatic heterocycles. The van der Waals surface area contributed by atoms with E-state index in [1.54, 1.807) is 6.20 Å². The Morgan fingerprint density at radius 2 is 1.89 bits per heavy atom. The van der Waals surface area contributed by atoms with Crippen molar-refractivity contribution < 1.29 is 9.59 Å². The zero-order valence-corrected chi connectivity index (χ0v) is 15.7. The van der Waals surface area contributed by atoms with Gasteiger partial charge in [0.25, 0.3) is 0 Å². The number of likely N-dealkylation sites (tertiary alicyclic amines) is 1. The second kappa shape index (κ2) is 8.25. The molecule has 28 heavy (non-hydrogen) atoms. The van der Waals surface area contributed by atoms with Crippen molar-refractivity contribution in [1.29, 1.82) is 0 Å². The Bertz CT molecular complexity index is 959. The summed E-state index contributed by atoms with van der Waals surface area (Å²) < 4.78 is 0. The van der Waals surface area contributed by atoms with Gasteiger partial charge in [-0.05, 0) is 42.0 Å². The van der Waals surface area contributed by atoms with Gasteiger partial charge in [-0.1, -0.05) is 30.3 Å². The fourth-order valence-electron chi connectivity index (χ4n) is 3.88. The average Bonchev–Trinajstić information content (AvgIpc) is 3.17. The van der Waals surface area contributed by atoms with E-state index in [0.717, 1.165) is 24.1 Å². The third-order valence-corrected chi connectivity index (χ3v) is 5.41. The van der Waals surface area contributed by atoms with Crippen LogP contribution in [0.2, 0.25) is 0 Å². The number of aromatic amines is 1. The van der Waals surface area contributed by atoms with E-state index in [1.165, 1.54) is 10.9 Å². The first-order valence-corrected chi connectivity index (χ1v) is 9.71. The molecule has 0 saturated carbocycles. The number of piperidine rings is 1. The number of amides is 2. The van der Waals surface area contributed by atoms with E-state index in [-0.39, 0.29) is 18.4 Å². The van der Waals surface area contributed by atoms with Gasteiger partial charge in [0.15, 0.2) is 0 Å². The summed E-state index contributed by atoms with van der Waals surface area (Å²) in [4.78, 5) is 33.9. The molecule has 1 aromatic carbocycles. The molecule has 0 radical (unpaired) electrons. The van der Waals surface area contributed by atoms with Gasteiger partial charge >= 0.3 is 0 Å². The number of hydrogen-bond acceptors (Lipinski definition) is 3. The molecule has 1 saturated heterocycles. The predicted octanol–water partition coefficient (Wildman–Crippen LogP) is 2.63. The molecule has 4 rings (SSSR count). The van der Waals surface area contributed by atoms with E-state index in [0.29, 0.717) is 25.4 Å². The number of pyridine rings is 1. The number of hydrogen-bond donors (Lipinski definition) is 2. The Balaban J connectivity index is 1.26. The van der Waals surface area contributed by atoms with Gasteiger partial charge in [0.1, 0.15) is 5.65 Å². The van der Waals surface area contributed by atoms with Crippen molar-refractivity contribution in [3.05, 3.63) is 66.0 Å². The number of benzene rings is 1. The summed E-state index contributed by atoms with van der Waals surface area (Å²) in [6, 6.07) is 13.6. The van der Waals surface area contributed by atoms with Crippen LogP contribution >= 0.6 is 0 Å². The lowest BCUT2D eigenvalue weighted by Gasteiger charge is -2.32. The van der Waals surface area contributed by atoms with Crippen LogP contribution in [0, 0.1) is 0 Å². The number of rotatable bonds is 5. The second-order valence-corrected chi connectivity index (χ2v) is 7.24. The number of carbonyl (C=O) groups excluding carboxylic acids is 2. The Kier molecular flexibility index (Phi) is 5.37. The van der Waals surface area contributed by atoms with E-state index in [9.17, 15) is 9.59 Å². The van der Waals surface area contributed by atoms with Gasteiger partial charge in [0.05, 0.1) is 13.0 Å². The van der Waals surface area contributed by atoms with Gasteiger partial charge in [0.2, 0.25) is 11.8 Å². The van der Waals surface area contributed by atoms with E-state index >= 15 is 0 Å². The minimum absolute atomic E-state index is 0.0135. The molecule has 3 heterocycles. The second-order valence-electron chi connectivity index (χ2n) is 7.24. The largest absolute Gasteiger partial charge is 0.347 e. The maximum absolute atomic E-state index is 12.5. The zero-order chi connectivity index (χ0) is 19.3. The third-order valence-electron chi connectivity index (χ3n) is 5.41. The molecule has 6 nitrogen and oxygen atoms in total. The number of nitrogens with zero attached hydrogens (tertiary/aromatic N) is 2. The van der Waals surface area contributed by atoms with Crippen molar-refractivity contribution in [2.75, 3.05) is 19.6 Å². The number of carbonyl (C=O) groups is 2. The molecule has 144 valence electrons. The highest BCUT2D eigenvalue weighted by atomic mass is 16.2. The summed E-state index contributed by atoms with van der Waals surface area (Å²) in [5, 5.41) is 3.91. The maximum Gasteiger partial charge on any atom is 0.241 e. The molecule has 0 atom stereocenters. The molecule has 6 heteroatoms. The van der Waals surface area contributed by atoms with Crippen molar-refractivity contribution in [3.8, 4) is 0 Å². The number of aromatic nitrogens is 2. The van der Waals surface area contributed by atoms with Gasteiger partial charge in [0, 0.05) is 30.9 Å². The summed E-state index contributed by atoms with van der Waals surface area (Å²) in [6.07, 6.45) is 5.97. The van der Waals surface area contributed by atoms with Crippen LogP contribution in [-0.2, 0) is 16.0 Å². The number of fused-ring (bicyclic) bond motifs is 1. The minimum atomic E-state index is -0.124. The Morgan fingerprint density at radius 3 is 2.68 bits per heavy atom. The van der Waals surface area contributed by atoms with E-state index in [2.05, 4.69) is 21.4 Å². The average molecular weight is 376 g/mol. The third kappa shape index (κ3) is 4.06. The zero-order valence-electron chi connectivity index (χ0n) is 15.7. The van der Waals surface area contributed by atoms with Crippen molar-refractivity contribution in [3.63, 3.8) is 0 Å². The predicted molar refractivity (Wildman–Crippen MR) is 108 cm³/mol. The lowest BCUT2D eigenvalue weighted by atomic mass is 9.89. The topological polar surface area (TPSA) is 78.1 Å². The van der Waals surface area contributed by atoms with Crippen LogP contribution in [0.5, 0.6) is 0 Å². The molecule has 0 spiro atoms. The molecule has 1 fully saturated rings. The van der Waals surface area contributed by atoms with Crippen LogP contribution < -0.4 is 5.32 Å². The minimum Gasteiger partial charge on any atom is -0.347 e. The van der Waals surface area contributed by atoms with Crippen LogP contribution in [0.4, 0.5) is 0 Å². The highest BCUT2D eigenvalue weighted by Crippen LogP contribution is 2.32. The van der Waals surface area contributed by atoms with E-state index < -0.39 is 0 Å². The van der Waals surface area contributed by atoms with Gasteiger partial charge in [-0.15, -0.1) is 0 Å². The molecule has 2 N–H and O–H groups in total. The molecule has 2 aromatic heterocycles. The number of H-pyrrole nitrogens is 1. The van der Waals surface area contributed by atoms with Crippen molar-refractivity contribution >= 4 is 22.8 Å². The Hall–Kier alpha value is -3.15. The standard InChI is InChI=1S/C22H24N4O2/c27-20(13-16-5-2-1-3-6-16)24-15-21(28)26-11-8-17(9-12-26)19-14-25-22-18(19)7-4-10-23-22/h1-7,10,14,17H,8-9,11-13,15H2,(H,23,25)(H,24,27). The van der Waals surface area contributed by atoms with Crippen molar-refractivity contribution in [2.24, 2.45) is 0 Å². The van der Waals surface area contributed by atoms with Crippen LogP contribution in [-0.4, -0.2) is 46.3 Å². The smallest absolute Gasteiger partial charge is 0.241 e. The van der Waals surface area contributed by atoms with Gasteiger partial charge in [-0.25, -0.2) is 4.98 Å². The summed E-state index contributed by atoms with van der Waals surface area (Å²) in [5.41, 5.74) is 3.14. The highest BCUT2D eigenvalue weighted by Gasteiger charge is 2.25. The van der Waals surface area contributed by atoms with Crippen LogP contribution in [0.15, 0.2) is 54.9 Å². The fraction of sp³-hybridized carbons (Fsp3) is 0.318. The summed E-state index contributed by atoms with van der Waals surface area (Å²) in [6.45, 7) is 1.49. The number of nitrogens with one attached hydrogen (secondary N) is 2.